The maximum Gasteiger partial charge on any atom is 0.00242 e. The van der Waals surface area contributed by atoms with Crippen molar-refractivity contribution in [2.24, 2.45) is 23.5 Å². The van der Waals surface area contributed by atoms with Gasteiger partial charge < -0.3 is 10.6 Å². The largest absolute Gasteiger partial charge is 0.330 e. The average molecular weight is 212 g/mol. The lowest BCUT2D eigenvalue weighted by Gasteiger charge is -2.27. The van der Waals surface area contributed by atoms with Crippen molar-refractivity contribution in [1.82, 2.24) is 4.90 Å². The monoisotopic (exact) mass is 212 g/mol. The summed E-state index contributed by atoms with van der Waals surface area (Å²) in [5, 5.41) is 0. The molecule has 2 nitrogen and oxygen atoms in total. The van der Waals surface area contributed by atoms with E-state index in [0.29, 0.717) is 5.92 Å². The summed E-state index contributed by atoms with van der Waals surface area (Å²) in [6.07, 6.45) is 4.15. The number of hydrogen-bond donors (Lipinski definition) is 1. The zero-order chi connectivity index (χ0) is 11.3. The van der Waals surface area contributed by atoms with Crippen LogP contribution in [-0.2, 0) is 0 Å². The van der Waals surface area contributed by atoms with Crippen molar-refractivity contribution < 1.29 is 0 Å². The summed E-state index contributed by atoms with van der Waals surface area (Å²) >= 11 is 0. The Morgan fingerprint density at radius 3 is 2.60 bits per heavy atom. The average Bonchev–Trinajstić information content (AvgIpc) is 2.39. The van der Waals surface area contributed by atoms with Gasteiger partial charge in [0.15, 0.2) is 0 Å². The van der Waals surface area contributed by atoms with E-state index in [0.717, 1.165) is 18.4 Å². The van der Waals surface area contributed by atoms with Gasteiger partial charge in [0.05, 0.1) is 0 Å². The molecule has 2 atom stereocenters. The van der Waals surface area contributed by atoms with E-state index in [-0.39, 0.29) is 0 Å². The van der Waals surface area contributed by atoms with Crippen LogP contribution in [0.15, 0.2) is 0 Å². The van der Waals surface area contributed by atoms with Crippen LogP contribution in [0.3, 0.4) is 0 Å². The lowest BCUT2D eigenvalue weighted by molar-refractivity contribution is 0.209. The minimum absolute atomic E-state index is 0.679. The Balaban J connectivity index is 2.36. The van der Waals surface area contributed by atoms with E-state index in [1.165, 1.54) is 38.9 Å². The van der Waals surface area contributed by atoms with Crippen molar-refractivity contribution in [2.45, 2.75) is 40.0 Å². The summed E-state index contributed by atoms with van der Waals surface area (Å²) in [4.78, 5) is 2.63. The minimum Gasteiger partial charge on any atom is -0.330 e. The van der Waals surface area contributed by atoms with Crippen molar-refractivity contribution in [2.75, 3.05) is 26.2 Å². The highest BCUT2D eigenvalue weighted by molar-refractivity contribution is 4.73. The van der Waals surface area contributed by atoms with Crippen LogP contribution in [0.5, 0.6) is 0 Å². The van der Waals surface area contributed by atoms with Crippen LogP contribution in [-0.4, -0.2) is 31.1 Å². The van der Waals surface area contributed by atoms with Crippen LogP contribution in [0.25, 0.3) is 0 Å². The maximum absolute atomic E-state index is 5.83. The molecule has 2 unspecified atom stereocenters. The Bertz CT molecular complexity index is 168. The van der Waals surface area contributed by atoms with E-state index in [1.54, 1.807) is 0 Å². The third-order valence-electron chi connectivity index (χ3n) is 3.85. The van der Waals surface area contributed by atoms with Crippen molar-refractivity contribution in [3.63, 3.8) is 0 Å². The number of rotatable bonds is 4. The molecule has 0 aromatic rings. The Morgan fingerprint density at radius 2 is 2.00 bits per heavy atom. The summed E-state index contributed by atoms with van der Waals surface area (Å²) in [6, 6.07) is 0. The Hall–Kier alpha value is -0.0800. The molecule has 90 valence electrons. The van der Waals surface area contributed by atoms with Gasteiger partial charge in [-0.1, -0.05) is 20.8 Å². The molecule has 1 saturated heterocycles. The normalized spacial score (nSPS) is 26.6. The van der Waals surface area contributed by atoms with Crippen molar-refractivity contribution in [3.05, 3.63) is 0 Å². The molecule has 1 aliphatic heterocycles. The third-order valence-corrected chi connectivity index (χ3v) is 3.85. The van der Waals surface area contributed by atoms with E-state index in [9.17, 15) is 0 Å². The maximum atomic E-state index is 5.83. The lowest BCUT2D eigenvalue weighted by Crippen LogP contribution is -2.36. The van der Waals surface area contributed by atoms with Gasteiger partial charge in [-0.2, -0.15) is 0 Å². The van der Waals surface area contributed by atoms with Gasteiger partial charge in [0.25, 0.3) is 0 Å². The molecule has 2 N–H and O–H groups in total. The number of likely N-dealkylation sites (tertiary alicyclic amines) is 1. The van der Waals surface area contributed by atoms with Gasteiger partial charge in [0, 0.05) is 6.54 Å². The topological polar surface area (TPSA) is 29.3 Å². The molecular formula is C13H28N2. The molecule has 1 aliphatic rings. The van der Waals surface area contributed by atoms with Gasteiger partial charge in [0.2, 0.25) is 0 Å². The molecule has 15 heavy (non-hydrogen) atoms. The summed E-state index contributed by atoms with van der Waals surface area (Å²) in [6.45, 7) is 11.6. The second kappa shape index (κ2) is 6.49. The first-order chi connectivity index (χ1) is 7.13. The van der Waals surface area contributed by atoms with Crippen LogP contribution < -0.4 is 5.73 Å². The van der Waals surface area contributed by atoms with Crippen molar-refractivity contribution >= 4 is 0 Å². The molecule has 0 saturated carbocycles. The first-order valence-electron chi connectivity index (χ1n) is 6.56. The molecule has 0 amide bonds. The molecular weight excluding hydrogens is 184 g/mol. The van der Waals surface area contributed by atoms with Crippen molar-refractivity contribution in [3.8, 4) is 0 Å². The Morgan fingerprint density at radius 1 is 1.27 bits per heavy atom. The standard InChI is InChI=1S/C13H28N2/c1-11(2)13(9-14)10-15-7-4-5-12(3)6-8-15/h11-13H,4-10,14H2,1-3H3. The molecule has 0 aliphatic carbocycles. The number of nitrogens with two attached hydrogens (primary N) is 1. The summed E-state index contributed by atoms with van der Waals surface area (Å²) in [5.74, 6) is 2.32. The van der Waals surface area contributed by atoms with E-state index in [2.05, 4.69) is 25.7 Å². The van der Waals surface area contributed by atoms with Crippen LogP contribution in [0.2, 0.25) is 0 Å². The molecule has 1 rings (SSSR count). The molecule has 1 heterocycles. The second-order valence-electron chi connectivity index (χ2n) is 5.58. The Labute approximate surface area is 95.2 Å². The highest BCUT2D eigenvalue weighted by Crippen LogP contribution is 2.19. The molecule has 0 radical (unpaired) electrons. The predicted molar refractivity (Wildman–Crippen MR) is 66.8 cm³/mol. The zero-order valence-corrected chi connectivity index (χ0v) is 10.7. The molecule has 0 aromatic heterocycles. The fourth-order valence-electron chi connectivity index (χ4n) is 2.39. The SMILES string of the molecule is CC1CCCN(CC(CN)C(C)C)CC1. The zero-order valence-electron chi connectivity index (χ0n) is 10.7. The summed E-state index contributed by atoms with van der Waals surface area (Å²) in [5.41, 5.74) is 5.83. The second-order valence-corrected chi connectivity index (χ2v) is 5.58. The van der Waals surface area contributed by atoms with Gasteiger partial charge in [0.1, 0.15) is 0 Å². The van der Waals surface area contributed by atoms with Crippen molar-refractivity contribution in [1.29, 1.82) is 0 Å². The van der Waals surface area contributed by atoms with E-state index in [4.69, 9.17) is 5.73 Å². The third kappa shape index (κ3) is 4.52. The van der Waals surface area contributed by atoms with Gasteiger partial charge in [-0.05, 0) is 56.7 Å². The van der Waals surface area contributed by atoms with Gasteiger partial charge >= 0.3 is 0 Å². The number of hydrogen-bond acceptors (Lipinski definition) is 2. The molecule has 1 fully saturated rings. The Kier molecular flexibility index (Phi) is 5.62. The number of nitrogens with zero attached hydrogens (tertiary/aromatic N) is 1. The highest BCUT2D eigenvalue weighted by Gasteiger charge is 2.18. The van der Waals surface area contributed by atoms with Gasteiger partial charge in [-0.25, -0.2) is 0 Å². The fraction of sp³-hybridized carbons (Fsp3) is 1.00. The quantitative estimate of drug-likeness (QED) is 0.775. The lowest BCUT2D eigenvalue weighted by atomic mass is 9.95. The summed E-state index contributed by atoms with van der Waals surface area (Å²) < 4.78 is 0. The fourth-order valence-corrected chi connectivity index (χ4v) is 2.39. The molecule has 0 bridgehead atoms. The first kappa shape index (κ1) is 13.0. The van der Waals surface area contributed by atoms with E-state index >= 15 is 0 Å². The van der Waals surface area contributed by atoms with E-state index in [1.807, 2.05) is 0 Å². The van der Waals surface area contributed by atoms with Crippen LogP contribution in [0, 0.1) is 17.8 Å². The first-order valence-corrected chi connectivity index (χ1v) is 6.56. The molecule has 0 aromatic carbocycles. The van der Waals surface area contributed by atoms with Crippen LogP contribution in [0.4, 0.5) is 0 Å². The van der Waals surface area contributed by atoms with Gasteiger partial charge in [-0.3, -0.25) is 0 Å². The van der Waals surface area contributed by atoms with Crippen LogP contribution in [0.1, 0.15) is 40.0 Å². The molecule has 2 heteroatoms. The minimum atomic E-state index is 0.679. The predicted octanol–water partition coefficient (Wildman–Crippen LogP) is 2.34. The smallest absolute Gasteiger partial charge is 0.00242 e. The van der Waals surface area contributed by atoms with Crippen LogP contribution >= 0.6 is 0 Å². The van der Waals surface area contributed by atoms with E-state index < -0.39 is 0 Å². The molecule has 0 spiro atoms. The summed E-state index contributed by atoms with van der Waals surface area (Å²) in [7, 11) is 0. The highest BCUT2D eigenvalue weighted by atomic mass is 15.1. The van der Waals surface area contributed by atoms with Gasteiger partial charge in [-0.15, -0.1) is 0 Å².